The van der Waals surface area contributed by atoms with Crippen LogP contribution in [0.5, 0.6) is 0 Å². The summed E-state index contributed by atoms with van der Waals surface area (Å²) >= 11 is 0. The van der Waals surface area contributed by atoms with Gasteiger partial charge >= 0.3 is 12.1 Å². The van der Waals surface area contributed by atoms with E-state index in [1.54, 1.807) is 19.1 Å². The van der Waals surface area contributed by atoms with Gasteiger partial charge < -0.3 is 9.94 Å². The molecule has 0 aliphatic carbocycles. The number of rotatable bonds is 11. The quantitative estimate of drug-likeness (QED) is 0.276. The highest BCUT2D eigenvalue weighted by molar-refractivity contribution is 5.98. The zero-order valence-electron chi connectivity index (χ0n) is 21.4. The summed E-state index contributed by atoms with van der Waals surface area (Å²) in [5.41, 5.74) is 3.97. The van der Waals surface area contributed by atoms with E-state index in [1.807, 2.05) is 32.0 Å². The van der Waals surface area contributed by atoms with Crippen LogP contribution in [-0.2, 0) is 35.4 Å². The largest absolute Gasteiger partial charge is 0.481 e. The highest BCUT2D eigenvalue weighted by atomic mass is 19.4. The lowest BCUT2D eigenvalue weighted by molar-refractivity contribution is -0.147. The van der Waals surface area contributed by atoms with Gasteiger partial charge in [-0.25, -0.2) is 0 Å². The third-order valence-corrected chi connectivity index (χ3v) is 6.99. The Kier molecular flexibility index (Phi) is 9.17. The molecule has 0 unspecified atom stereocenters. The first-order valence-corrected chi connectivity index (χ1v) is 12.5. The molecule has 196 valence electrons. The molecule has 1 N–H and O–H groups in total. The third kappa shape index (κ3) is 6.66. The molecule has 1 aliphatic heterocycles. The van der Waals surface area contributed by atoms with Crippen LogP contribution in [0.15, 0.2) is 41.6 Å². The van der Waals surface area contributed by atoms with E-state index in [1.165, 1.54) is 6.07 Å². The topological polar surface area (TPSA) is 62.1 Å². The van der Waals surface area contributed by atoms with Gasteiger partial charge in [0, 0.05) is 19.6 Å². The maximum Gasteiger partial charge on any atom is 0.416 e. The first-order chi connectivity index (χ1) is 17.1. The Hall–Kier alpha value is -2.87. The van der Waals surface area contributed by atoms with Crippen molar-refractivity contribution in [1.82, 2.24) is 4.90 Å². The van der Waals surface area contributed by atoms with Crippen molar-refractivity contribution in [2.75, 3.05) is 13.1 Å². The lowest BCUT2D eigenvalue weighted by Crippen LogP contribution is -2.49. The average Bonchev–Trinajstić information content (AvgIpc) is 2.81. The summed E-state index contributed by atoms with van der Waals surface area (Å²) in [6.45, 7) is 9.44. The maximum absolute atomic E-state index is 13.7. The molecule has 0 amide bonds. The number of carboxylic acid groups (broad SMARTS) is 1. The van der Waals surface area contributed by atoms with Crippen LogP contribution in [-0.4, -0.2) is 34.8 Å². The lowest BCUT2D eigenvalue weighted by atomic mass is 9.89. The summed E-state index contributed by atoms with van der Waals surface area (Å²) in [6, 6.07) is 10.4. The van der Waals surface area contributed by atoms with Crippen LogP contribution in [0.3, 0.4) is 0 Å². The fourth-order valence-corrected chi connectivity index (χ4v) is 4.71. The Morgan fingerprint density at radius 3 is 2.39 bits per heavy atom. The van der Waals surface area contributed by atoms with Crippen LogP contribution in [0.25, 0.3) is 0 Å². The minimum atomic E-state index is -4.42. The second kappa shape index (κ2) is 11.9. The molecular weight excluding hydrogens is 469 g/mol. The highest BCUT2D eigenvalue weighted by Gasteiger charge is 2.35. The molecule has 1 saturated heterocycles. The minimum absolute atomic E-state index is 0.0535. The molecule has 8 heteroatoms. The highest BCUT2D eigenvalue weighted by Crippen LogP contribution is 2.38. The van der Waals surface area contributed by atoms with Gasteiger partial charge in [-0.1, -0.05) is 50.2 Å². The monoisotopic (exact) mass is 504 g/mol. The van der Waals surface area contributed by atoms with Crippen molar-refractivity contribution in [3.8, 4) is 0 Å². The average molecular weight is 505 g/mol. The van der Waals surface area contributed by atoms with Gasteiger partial charge in [0.2, 0.25) is 0 Å². The summed E-state index contributed by atoms with van der Waals surface area (Å²) in [5, 5.41) is 13.2. The second-order valence-corrected chi connectivity index (χ2v) is 9.45. The predicted molar refractivity (Wildman–Crippen MR) is 134 cm³/mol. The van der Waals surface area contributed by atoms with Crippen molar-refractivity contribution < 1.29 is 27.9 Å². The summed E-state index contributed by atoms with van der Waals surface area (Å²) in [4.78, 5) is 18.6. The third-order valence-electron chi connectivity index (χ3n) is 6.99. The van der Waals surface area contributed by atoms with Crippen LogP contribution in [0.4, 0.5) is 13.2 Å². The molecule has 0 atom stereocenters. The minimum Gasteiger partial charge on any atom is -0.481 e. The molecule has 1 aliphatic rings. The first kappa shape index (κ1) is 27.7. The van der Waals surface area contributed by atoms with Gasteiger partial charge in [0.15, 0.2) is 0 Å². The molecule has 3 rings (SSSR count). The van der Waals surface area contributed by atoms with E-state index in [0.717, 1.165) is 23.1 Å². The van der Waals surface area contributed by atoms with E-state index in [0.29, 0.717) is 49.3 Å². The Morgan fingerprint density at radius 1 is 1.11 bits per heavy atom. The number of hydrogen-bond acceptors (Lipinski definition) is 4. The molecular formula is C28H35F3N2O3. The number of benzene rings is 2. The van der Waals surface area contributed by atoms with Crippen molar-refractivity contribution in [3.63, 3.8) is 0 Å². The molecule has 1 heterocycles. The van der Waals surface area contributed by atoms with E-state index in [2.05, 4.69) is 17.0 Å². The molecule has 36 heavy (non-hydrogen) atoms. The van der Waals surface area contributed by atoms with Crippen LogP contribution in [0, 0.1) is 5.92 Å². The standard InChI is InChI=1S/C28H35F3N2O3/c1-5-20(6-2)25-11-8-19(12-26(25)28(29,30)31)17-36-32-18(4)22-9-10-23(21(7-3)13-22)14-33-15-24(16-33)27(34)35/h8-13,20,24H,5-7,14-17H2,1-4H3,(H,34,35)/b32-18+. The Bertz CT molecular complexity index is 1090. The van der Waals surface area contributed by atoms with Crippen molar-refractivity contribution in [2.24, 2.45) is 11.1 Å². The van der Waals surface area contributed by atoms with Gasteiger partial charge in [0.25, 0.3) is 0 Å². The van der Waals surface area contributed by atoms with E-state index in [9.17, 15) is 18.0 Å². The number of hydrogen-bond donors (Lipinski definition) is 1. The molecule has 2 aromatic rings. The number of oxime groups is 1. The molecule has 0 saturated carbocycles. The zero-order valence-corrected chi connectivity index (χ0v) is 21.4. The SMILES string of the molecule is CCc1cc(/C(C)=N/OCc2ccc(C(CC)CC)c(C(F)(F)F)c2)ccc1CN1CC(C(=O)O)C1. The number of carbonyl (C=O) groups is 1. The van der Waals surface area contributed by atoms with Gasteiger partial charge in [-0.05, 0) is 72.1 Å². The predicted octanol–water partition coefficient (Wildman–Crippen LogP) is 6.63. The summed E-state index contributed by atoms with van der Waals surface area (Å²) in [5.74, 6) is -1.17. The molecule has 0 spiro atoms. The van der Waals surface area contributed by atoms with Crippen molar-refractivity contribution in [2.45, 2.75) is 72.2 Å². The van der Waals surface area contributed by atoms with Crippen LogP contribution in [0.1, 0.15) is 79.8 Å². The molecule has 1 fully saturated rings. The van der Waals surface area contributed by atoms with Crippen LogP contribution < -0.4 is 0 Å². The fraction of sp³-hybridized carbons (Fsp3) is 0.500. The fourth-order valence-electron chi connectivity index (χ4n) is 4.71. The molecule has 0 aromatic heterocycles. The summed E-state index contributed by atoms with van der Waals surface area (Å²) in [6.07, 6.45) is -2.30. The maximum atomic E-state index is 13.7. The normalized spacial score (nSPS) is 15.3. The molecule has 2 aromatic carbocycles. The van der Waals surface area contributed by atoms with Gasteiger partial charge in [-0.3, -0.25) is 9.69 Å². The van der Waals surface area contributed by atoms with Crippen molar-refractivity contribution >= 4 is 11.7 Å². The van der Waals surface area contributed by atoms with Gasteiger partial charge in [0.1, 0.15) is 6.61 Å². The number of nitrogens with zero attached hydrogens (tertiary/aromatic N) is 2. The molecule has 0 bridgehead atoms. The first-order valence-electron chi connectivity index (χ1n) is 12.5. The second-order valence-electron chi connectivity index (χ2n) is 9.45. The van der Waals surface area contributed by atoms with Crippen LogP contribution in [0.2, 0.25) is 0 Å². The molecule has 5 nitrogen and oxygen atoms in total. The number of aliphatic carboxylic acids is 1. The number of likely N-dealkylation sites (tertiary alicyclic amines) is 1. The van der Waals surface area contributed by atoms with E-state index >= 15 is 0 Å². The Morgan fingerprint density at radius 2 is 1.81 bits per heavy atom. The van der Waals surface area contributed by atoms with Crippen molar-refractivity contribution in [3.05, 3.63) is 69.8 Å². The number of alkyl halides is 3. The Labute approximate surface area is 210 Å². The van der Waals surface area contributed by atoms with Crippen molar-refractivity contribution in [1.29, 1.82) is 0 Å². The number of aryl methyl sites for hydroxylation is 1. The van der Waals surface area contributed by atoms with E-state index < -0.39 is 17.7 Å². The lowest BCUT2D eigenvalue weighted by Gasteiger charge is -2.37. The van der Waals surface area contributed by atoms with Gasteiger partial charge in [-0.15, -0.1) is 0 Å². The Balaban J connectivity index is 1.67. The van der Waals surface area contributed by atoms with E-state index in [4.69, 9.17) is 9.94 Å². The summed E-state index contributed by atoms with van der Waals surface area (Å²) < 4.78 is 41.1. The number of carboxylic acids is 1. The summed E-state index contributed by atoms with van der Waals surface area (Å²) in [7, 11) is 0. The zero-order chi connectivity index (χ0) is 26.5. The van der Waals surface area contributed by atoms with Crippen LogP contribution >= 0.6 is 0 Å². The van der Waals surface area contributed by atoms with Gasteiger partial charge in [-0.2, -0.15) is 13.2 Å². The van der Waals surface area contributed by atoms with Gasteiger partial charge in [0.05, 0.1) is 17.2 Å². The number of halogens is 3. The molecule has 0 radical (unpaired) electrons. The van der Waals surface area contributed by atoms with E-state index in [-0.39, 0.29) is 18.4 Å². The smallest absolute Gasteiger partial charge is 0.416 e.